The number of aryl methyl sites for hydroxylation is 1. The monoisotopic (exact) mass is 469 g/mol. The summed E-state index contributed by atoms with van der Waals surface area (Å²) in [6.45, 7) is 1.14. The third kappa shape index (κ3) is 5.24. The molecule has 0 saturated carbocycles. The van der Waals surface area contributed by atoms with E-state index in [1.165, 1.54) is 25.3 Å². The average Bonchev–Trinajstić information content (AvgIpc) is 2.66. The van der Waals surface area contributed by atoms with Crippen LogP contribution in [0, 0.1) is 0 Å². The van der Waals surface area contributed by atoms with Crippen LogP contribution in [0.15, 0.2) is 40.9 Å². The molecule has 0 atom stereocenters. The molecule has 9 heteroatoms. The molecule has 0 bridgehead atoms. The van der Waals surface area contributed by atoms with Gasteiger partial charge in [-0.25, -0.2) is 9.59 Å². The summed E-state index contributed by atoms with van der Waals surface area (Å²) in [5.74, 6) is -2.15. The number of rotatable bonds is 5. The van der Waals surface area contributed by atoms with Gasteiger partial charge in [0.1, 0.15) is 5.75 Å². The van der Waals surface area contributed by atoms with Crippen molar-refractivity contribution in [1.82, 2.24) is 0 Å². The van der Waals surface area contributed by atoms with Crippen molar-refractivity contribution in [3.63, 3.8) is 0 Å². The zero-order valence-electron chi connectivity index (χ0n) is 15.1. The second kappa shape index (κ2) is 9.57. The number of anilines is 1. The lowest BCUT2D eigenvalue weighted by Gasteiger charge is -2.22. The van der Waals surface area contributed by atoms with Gasteiger partial charge in [-0.15, -0.1) is 5.06 Å². The van der Waals surface area contributed by atoms with Crippen molar-refractivity contribution in [2.45, 2.75) is 19.8 Å². The Morgan fingerprint density at radius 1 is 1.21 bits per heavy atom. The minimum absolute atomic E-state index is 0.0629. The van der Waals surface area contributed by atoms with E-state index in [-0.39, 0.29) is 34.9 Å². The number of ether oxygens (including phenoxy) is 1. The Bertz CT molecular complexity index is 917. The van der Waals surface area contributed by atoms with Crippen LogP contribution in [-0.2, 0) is 25.6 Å². The number of amides is 1. The number of carbonyl (C=O) groups excluding carboxylic acids is 3. The quantitative estimate of drug-likeness (QED) is 0.524. The molecule has 0 radical (unpaired) electrons. The smallest absolute Gasteiger partial charge is 0.340 e. The van der Waals surface area contributed by atoms with E-state index in [0.29, 0.717) is 10.0 Å². The van der Waals surface area contributed by atoms with Gasteiger partial charge in [0.2, 0.25) is 0 Å². The molecule has 7 nitrogen and oxygen atoms in total. The molecule has 2 aromatic rings. The summed E-state index contributed by atoms with van der Waals surface area (Å²) >= 11 is 9.21. The average molecular weight is 471 g/mol. The first-order chi connectivity index (χ1) is 13.2. The highest BCUT2D eigenvalue weighted by Gasteiger charge is 2.25. The maximum atomic E-state index is 12.8. The van der Waals surface area contributed by atoms with Gasteiger partial charge in [-0.05, 0) is 36.2 Å². The highest BCUT2D eigenvalue weighted by atomic mass is 79.9. The van der Waals surface area contributed by atoms with Gasteiger partial charge in [0.15, 0.2) is 0 Å². The molecule has 0 aromatic heterocycles. The predicted octanol–water partition coefficient (Wildman–Crippen LogP) is 4.04. The van der Waals surface area contributed by atoms with E-state index < -0.39 is 17.8 Å². The summed E-state index contributed by atoms with van der Waals surface area (Å²) in [6.07, 6.45) is 0.00507. The Morgan fingerprint density at radius 3 is 2.54 bits per heavy atom. The van der Waals surface area contributed by atoms with Crippen LogP contribution in [0.4, 0.5) is 5.69 Å². The van der Waals surface area contributed by atoms with E-state index >= 15 is 0 Å². The van der Waals surface area contributed by atoms with Crippen LogP contribution in [0.25, 0.3) is 0 Å². The van der Waals surface area contributed by atoms with Crippen molar-refractivity contribution < 1.29 is 29.1 Å². The lowest BCUT2D eigenvalue weighted by atomic mass is 10.1. The summed E-state index contributed by atoms with van der Waals surface area (Å²) in [7, 11) is 1.21. The number of carbonyl (C=O) groups is 3. The number of methoxy groups -OCH3 is 1. The van der Waals surface area contributed by atoms with E-state index in [1.807, 2.05) is 0 Å². The minimum Gasteiger partial charge on any atom is -0.506 e. The van der Waals surface area contributed by atoms with Crippen molar-refractivity contribution in [2.24, 2.45) is 0 Å². The summed E-state index contributed by atoms with van der Waals surface area (Å²) in [5.41, 5.74) is 0.579. The van der Waals surface area contributed by atoms with Crippen LogP contribution in [0.2, 0.25) is 5.02 Å². The third-order valence-corrected chi connectivity index (χ3v) is 4.44. The Hall–Kier alpha value is -2.58. The molecular weight excluding hydrogens is 454 g/mol. The molecule has 1 amide bonds. The molecular formula is C19H17BrClNO6. The standard InChI is InChI=1S/C19H17BrClNO6/c1-11(23)28-22(16-6-4-3-5-14(16)19(26)27-2)17(24)8-7-12-9-13(20)10-15(21)18(12)25/h3-6,9-10,25H,7-8H2,1-2H3. The first-order valence-corrected chi connectivity index (χ1v) is 9.27. The van der Waals surface area contributed by atoms with Gasteiger partial charge in [0, 0.05) is 17.8 Å². The zero-order valence-corrected chi connectivity index (χ0v) is 17.4. The van der Waals surface area contributed by atoms with Gasteiger partial charge in [0.25, 0.3) is 5.91 Å². The fourth-order valence-electron chi connectivity index (χ4n) is 2.45. The van der Waals surface area contributed by atoms with E-state index in [2.05, 4.69) is 15.9 Å². The summed E-state index contributed by atoms with van der Waals surface area (Å²) in [6, 6.07) is 9.25. The number of phenols is 1. The van der Waals surface area contributed by atoms with Crippen LogP contribution >= 0.6 is 27.5 Å². The fourth-order valence-corrected chi connectivity index (χ4v) is 3.33. The maximum absolute atomic E-state index is 12.8. The molecule has 0 aliphatic carbocycles. The Morgan fingerprint density at radius 2 is 1.89 bits per heavy atom. The second-order valence-corrected chi connectivity index (χ2v) is 7.00. The molecule has 2 aromatic carbocycles. The fraction of sp³-hybridized carbons (Fsp3) is 0.211. The van der Waals surface area contributed by atoms with Crippen LogP contribution in [0.5, 0.6) is 5.75 Å². The number of halogens is 2. The van der Waals surface area contributed by atoms with Gasteiger partial charge >= 0.3 is 11.9 Å². The molecule has 0 fully saturated rings. The number of nitrogens with zero attached hydrogens (tertiary/aromatic N) is 1. The van der Waals surface area contributed by atoms with Gasteiger partial charge in [-0.3, -0.25) is 4.79 Å². The Labute approximate surface area is 174 Å². The van der Waals surface area contributed by atoms with Crippen LogP contribution in [0.3, 0.4) is 0 Å². The maximum Gasteiger partial charge on any atom is 0.340 e. The third-order valence-electron chi connectivity index (χ3n) is 3.69. The van der Waals surface area contributed by atoms with Crippen molar-refractivity contribution >= 4 is 51.1 Å². The number of para-hydroxylation sites is 1. The predicted molar refractivity (Wildman–Crippen MR) is 106 cm³/mol. The number of benzene rings is 2. The number of aromatic hydroxyl groups is 1. The molecule has 0 saturated heterocycles. The lowest BCUT2D eigenvalue weighted by molar-refractivity contribution is -0.148. The molecule has 0 heterocycles. The number of hydrogen-bond donors (Lipinski definition) is 1. The topological polar surface area (TPSA) is 93.1 Å². The molecule has 0 aliphatic heterocycles. The van der Waals surface area contributed by atoms with Gasteiger partial charge < -0.3 is 14.7 Å². The van der Waals surface area contributed by atoms with Crippen LogP contribution in [0.1, 0.15) is 29.3 Å². The van der Waals surface area contributed by atoms with E-state index in [0.717, 1.165) is 12.0 Å². The van der Waals surface area contributed by atoms with E-state index in [9.17, 15) is 19.5 Å². The Balaban J connectivity index is 2.31. The summed E-state index contributed by atoms with van der Waals surface area (Å²) in [5, 5.41) is 11.0. The minimum atomic E-state index is -0.735. The number of hydrogen-bond acceptors (Lipinski definition) is 6. The summed E-state index contributed by atoms with van der Waals surface area (Å²) in [4.78, 5) is 41.3. The normalized spacial score (nSPS) is 10.3. The largest absolute Gasteiger partial charge is 0.506 e. The first-order valence-electron chi connectivity index (χ1n) is 8.10. The highest BCUT2D eigenvalue weighted by molar-refractivity contribution is 9.10. The van der Waals surface area contributed by atoms with Gasteiger partial charge in [-0.1, -0.05) is 39.7 Å². The molecule has 2 rings (SSSR count). The summed E-state index contributed by atoms with van der Waals surface area (Å²) < 4.78 is 5.36. The van der Waals surface area contributed by atoms with Gasteiger partial charge in [0.05, 0.1) is 23.4 Å². The molecule has 1 N–H and O–H groups in total. The number of hydroxylamine groups is 1. The van der Waals surface area contributed by atoms with Crippen molar-refractivity contribution in [3.05, 3.63) is 57.0 Å². The zero-order chi connectivity index (χ0) is 20.8. The number of phenolic OH excluding ortho intramolecular Hbond substituents is 1. The van der Waals surface area contributed by atoms with Crippen molar-refractivity contribution in [2.75, 3.05) is 12.2 Å². The van der Waals surface area contributed by atoms with Crippen LogP contribution < -0.4 is 5.06 Å². The molecule has 0 unspecified atom stereocenters. The Kier molecular flexibility index (Phi) is 7.42. The SMILES string of the molecule is COC(=O)c1ccccc1N(OC(C)=O)C(=O)CCc1cc(Br)cc(Cl)c1O. The number of esters is 1. The van der Waals surface area contributed by atoms with E-state index in [1.54, 1.807) is 18.2 Å². The first kappa shape index (κ1) is 21.7. The van der Waals surface area contributed by atoms with Gasteiger partial charge in [-0.2, -0.15) is 0 Å². The van der Waals surface area contributed by atoms with Crippen molar-refractivity contribution in [1.29, 1.82) is 0 Å². The van der Waals surface area contributed by atoms with E-state index in [4.69, 9.17) is 21.2 Å². The second-order valence-electron chi connectivity index (χ2n) is 5.68. The lowest BCUT2D eigenvalue weighted by Crippen LogP contribution is -2.34. The molecule has 0 aliphatic rings. The molecule has 28 heavy (non-hydrogen) atoms. The molecule has 0 spiro atoms. The van der Waals surface area contributed by atoms with Crippen molar-refractivity contribution in [3.8, 4) is 5.75 Å². The molecule has 148 valence electrons. The highest BCUT2D eigenvalue weighted by Crippen LogP contribution is 2.32. The van der Waals surface area contributed by atoms with Crippen LogP contribution in [-0.4, -0.2) is 30.1 Å².